The van der Waals surface area contributed by atoms with Crippen LogP contribution in [0.15, 0.2) is 34.8 Å². The van der Waals surface area contributed by atoms with Crippen LogP contribution in [-0.2, 0) is 4.74 Å². The van der Waals surface area contributed by atoms with Crippen LogP contribution in [0, 0.1) is 0 Å². The zero-order valence-electron chi connectivity index (χ0n) is 12.7. The third kappa shape index (κ3) is 5.64. The molecule has 2 rings (SSSR count). The van der Waals surface area contributed by atoms with Crippen molar-refractivity contribution in [2.45, 2.75) is 19.1 Å². The van der Waals surface area contributed by atoms with Crippen LogP contribution in [0.4, 0.5) is 13.2 Å². The van der Waals surface area contributed by atoms with E-state index in [1.807, 2.05) is 24.3 Å². The highest BCUT2D eigenvalue weighted by Crippen LogP contribution is 2.20. The first-order valence-electron chi connectivity index (χ1n) is 7.01. The van der Waals surface area contributed by atoms with Crippen LogP contribution in [0.2, 0.25) is 0 Å². The van der Waals surface area contributed by atoms with Gasteiger partial charge >= 0.3 is 6.18 Å². The average Bonchev–Trinajstić information content (AvgIpc) is 2.96. The Balaban J connectivity index is 1.90. The van der Waals surface area contributed by atoms with Gasteiger partial charge in [0, 0.05) is 16.1 Å². The Morgan fingerprint density at radius 1 is 1.38 bits per heavy atom. The Kier molecular flexibility index (Phi) is 6.00. The maximum absolute atomic E-state index is 12.0. The van der Waals surface area contributed by atoms with Gasteiger partial charge in [-0.25, -0.2) is 0 Å². The van der Waals surface area contributed by atoms with Gasteiger partial charge in [0.25, 0.3) is 5.91 Å². The first-order valence-corrected chi connectivity index (χ1v) is 7.80. The van der Waals surface area contributed by atoms with Gasteiger partial charge in [-0.2, -0.15) is 18.3 Å². The molecule has 0 aliphatic carbocycles. The molecular formula is C15H15BrF3N3O2. The van der Waals surface area contributed by atoms with Gasteiger partial charge in [0.05, 0.1) is 12.3 Å². The minimum atomic E-state index is -4.38. The first kappa shape index (κ1) is 18.5. The van der Waals surface area contributed by atoms with E-state index in [2.05, 4.69) is 36.2 Å². The second-order valence-electron chi connectivity index (χ2n) is 5.18. The topological polar surface area (TPSA) is 67.0 Å². The monoisotopic (exact) mass is 405 g/mol. The fraction of sp³-hybridized carbons (Fsp3) is 0.333. The molecule has 0 fully saturated rings. The van der Waals surface area contributed by atoms with Gasteiger partial charge in [0.15, 0.2) is 0 Å². The summed E-state index contributed by atoms with van der Waals surface area (Å²) in [5.74, 6) is -0.464. The van der Waals surface area contributed by atoms with Crippen molar-refractivity contribution in [1.29, 1.82) is 0 Å². The molecule has 2 aromatic rings. The number of H-pyrrole nitrogens is 1. The summed E-state index contributed by atoms with van der Waals surface area (Å²) in [6.45, 7) is -0.0236. The maximum atomic E-state index is 12.0. The van der Waals surface area contributed by atoms with Gasteiger partial charge in [-0.05, 0) is 25.1 Å². The minimum Gasteiger partial charge on any atom is -0.370 e. The van der Waals surface area contributed by atoms with Gasteiger partial charge in [-0.1, -0.05) is 28.1 Å². The van der Waals surface area contributed by atoms with Crippen molar-refractivity contribution < 1.29 is 22.7 Å². The van der Waals surface area contributed by atoms with Crippen molar-refractivity contribution in [3.05, 3.63) is 40.5 Å². The van der Waals surface area contributed by atoms with Crippen molar-refractivity contribution >= 4 is 21.8 Å². The van der Waals surface area contributed by atoms with Crippen LogP contribution in [-0.4, -0.2) is 41.5 Å². The van der Waals surface area contributed by atoms with Gasteiger partial charge in [-0.3, -0.25) is 9.89 Å². The molecule has 1 heterocycles. The van der Waals surface area contributed by atoms with Crippen LogP contribution < -0.4 is 5.32 Å². The van der Waals surface area contributed by atoms with Gasteiger partial charge in [0.2, 0.25) is 0 Å². The number of amides is 1. The number of nitrogens with zero attached hydrogens (tertiary/aromatic N) is 1. The molecular weight excluding hydrogens is 391 g/mol. The van der Waals surface area contributed by atoms with Crippen molar-refractivity contribution in [2.24, 2.45) is 0 Å². The average molecular weight is 406 g/mol. The lowest BCUT2D eigenvalue weighted by Crippen LogP contribution is -2.37. The Morgan fingerprint density at radius 2 is 2.04 bits per heavy atom. The fourth-order valence-corrected chi connectivity index (χ4v) is 2.17. The van der Waals surface area contributed by atoms with Crippen LogP contribution in [0.1, 0.15) is 17.4 Å². The molecule has 1 aromatic heterocycles. The number of carbonyl (C=O) groups excluding carboxylic acids is 1. The third-order valence-corrected chi connectivity index (χ3v) is 3.50. The molecule has 0 radical (unpaired) electrons. The molecule has 0 spiro atoms. The summed E-state index contributed by atoms with van der Waals surface area (Å²) in [7, 11) is 0. The third-order valence-electron chi connectivity index (χ3n) is 2.97. The molecule has 130 valence electrons. The number of hydrogen-bond donors (Lipinski definition) is 2. The molecule has 0 aliphatic rings. The quantitative estimate of drug-likeness (QED) is 0.772. The van der Waals surface area contributed by atoms with Crippen LogP contribution in [0.3, 0.4) is 0 Å². The van der Waals surface area contributed by atoms with Crippen molar-refractivity contribution in [2.75, 3.05) is 13.2 Å². The Hall–Kier alpha value is -1.87. The molecule has 0 aliphatic heterocycles. The van der Waals surface area contributed by atoms with Crippen LogP contribution in [0.5, 0.6) is 0 Å². The summed E-state index contributed by atoms with van der Waals surface area (Å²) in [5, 5.41) is 9.21. The Morgan fingerprint density at radius 3 is 2.67 bits per heavy atom. The highest BCUT2D eigenvalue weighted by Gasteiger charge is 2.27. The van der Waals surface area contributed by atoms with E-state index in [9.17, 15) is 18.0 Å². The number of aromatic nitrogens is 2. The number of benzene rings is 1. The lowest BCUT2D eigenvalue weighted by molar-refractivity contribution is -0.174. The van der Waals surface area contributed by atoms with E-state index in [0.29, 0.717) is 5.69 Å². The fourth-order valence-electron chi connectivity index (χ4n) is 1.90. The van der Waals surface area contributed by atoms with Crippen LogP contribution >= 0.6 is 15.9 Å². The van der Waals surface area contributed by atoms with E-state index in [4.69, 9.17) is 0 Å². The molecule has 0 saturated heterocycles. The van der Waals surface area contributed by atoms with E-state index in [1.54, 1.807) is 13.0 Å². The predicted molar refractivity (Wildman–Crippen MR) is 85.5 cm³/mol. The molecule has 1 unspecified atom stereocenters. The molecule has 5 nitrogen and oxygen atoms in total. The number of rotatable bonds is 6. The van der Waals surface area contributed by atoms with Gasteiger partial charge in [0.1, 0.15) is 12.3 Å². The second kappa shape index (κ2) is 7.80. The highest BCUT2D eigenvalue weighted by atomic mass is 79.9. The summed E-state index contributed by atoms with van der Waals surface area (Å²) in [4.78, 5) is 12.0. The first-order chi connectivity index (χ1) is 11.2. The SMILES string of the molecule is CC(COCC(F)(F)F)NC(=O)c1cc(-c2ccc(Br)cc2)n[nH]1. The molecule has 1 aromatic carbocycles. The van der Waals surface area contributed by atoms with E-state index in [-0.39, 0.29) is 12.3 Å². The van der Waals surface area contributed by atoms with Crippen LogP contribution in [0.25, 0.3) is 11.3 Å². The van der Waals surface area contributed by atoms with Crippen molar-refractivity contribution in [1.82, 2.24) is 15.5 Å². The lowest BCUT2D eigenvalue weighted by Gasteiger charge is -2.14. The van der Waals surface area contributed by atoms with Gasteiger partial charge < -0.3 is 10.1 Å². The second-order valence-corrected chi connectivity index (χ2v) is 6.09. The number of nitrogens with one attached hydrogen (secondary N) is 2. The Labute approximate surface area is 144 Å². The summed E-state index contributed by atoms with van der Waals surface area (Å²) >= 11 is 3.33. The van der Waals surface area contributed by atoms with Crippen molar-refractivity contribution in [3.8, 4) is 11.3 Å². The highest BCUT2D eigenvalue weighted by molar-refractivity contribution is 9.10. The summed E-state index contributed by atoms with van der Waals surface area (Å²) in [6.07, 6.45) is -4.38. The predicted octanol–water partition coefficient (Wildman–Crippen LogP) is 3.54. The smallest absolute Gasteiger partial charge is 0.370 e. The number of ether oxygens (including phenoxy) is 1. The Bertz CT molecular complexity index is 686. The number of halogens is 4. The molecule has 2 N–H and O–H groups in total. The number of alkyl halides is 3. The standard InChI is InChI=1S/C15H15BrF3N3O2/c1-9(7-24-8-15(17,18)19)20-14(23)13-6-12(21-22-13)10-2-4-11(16)5-3-10/h2-6,9H,7-8H2,1H3,(H,20,23)(H,21,22). The summed E-state index contributed by atoms with van der Waals surface area (Å²) in [6, 6.07) is 8.39. The summed E-state index contributed by atoms with van der Waals surface area (Å²) < 4.78 is 41.4. The molecule has 24 heavy (non-hydrogen) atoms. The largest absolute Gasteiger partial charge is 0.411 e. The van der Waals surface area contributed by atoms with E-state index in [0.717, 1.165) is 10.0 Å². The zero-order valence-corrected chi connectivity index (χ0v) is 14.2. The lowest BCUT2D eigenvalue weighted by atomic mass is 10.1. The molecule has 0 bridgehead atoms. The molecule has 1 atom stereocenters. The summed E-state index contributed by atoms with van der Waals surface area (Å²) in [5.41, 5.74) is 1.64. The normalized spacial score (nSPS) is 12.9. The number of carbonyl (C=O) groups is 1. The maximum Gasteiger partial charge on any atom is 0.411 e. The number of hydrogen-bond acceptors (Lipinski definition) is 3. The zero-order chi connectivity index (χ0) is 17.7. The van der Waals surface area contributed by atoms with E-state index < -0.39 is 24.7 Å². The molecule has 9 heteroatoms. The number of aromatic amines is 1. The van der Waals surface area contributed by atoms with E-state index in [1.165, 1.54) is 0 Å². The molecule has 1 amide bonds. The van der Waals surface area contributed by atoms with Gasteiger partial charge in [-0.15, -0.1) is 0 Å². The minimum absolute atomic E-state index is 0.218. The molecule has 0 saturated carbocycles. The van der Waals surface area contributed by atoms with E-state index >= 15 is 0 Å². The van der Waals surface area contributed by atoms with Crippen molar-refractivity contribution in [3.63, 3.8) is 0 Å².